The van der Waals surface area contributed by atoms with Gasteiger partial charge in [0.25, 0.3) is 0 Å². The first-order chi connectivity index (χ1) is 6.37. The first kappa shape index (κ1) is 10.9. The van der Waals surface area contributed by atoms with Crippen molar-refractivity contribution in [3.8, 4) is 5.75 Å². The molecule has 0 amide bonds. The monoisotopic (exact) mass is 213 g/mol. The predicted molar refractivity (Wildman–Crippen MR) is 57.0 cm³/mol. The summed E-state index contributed by atoms with van der Waals surface area (Å²) in [5.41, 5.74) is 7.16. The molecule has 1 aromatic rings. The largest absolute Gasteiger partial charge is 0.505 e. The zero-order valence-corrected chi connectivity index (χ0v) is 9.07. The second kappa shape index (κ2) is 3.50. The van der Waals surface area contributed by atoms with Crippen LogP contribution in [0.5, 0.6) is 5.75 Å². The van der Waals surface area contributed by atoms with E-state index < -0.39 is 0 Å². The Morgan fingerprint density at radius 2 is 1.86 bits per heavy atom. The van der Waals surface area contributed by atoms with E-state index >= 15 is 0 Å². The van der Waals surface area contributed by atoms with E-state index in [1.54, 1.807) is 13.8 Å². The number of carbonyl (C=O) groups is 1. The highest BCUT2D eigenvalue weighted by atomic mass is 35.5. The topological polar surface area (TPSA) is 63.3 Å². The van der Waals surface area contributed by atoms with Gasteiger partial charge in [-0.2, -0.15) is 0 Å². The number of aromatic hydroxyl groups is 1. The molecule has 3 N–H and O–H groups in total. The number of nitrogen functional groups attached to an aromatic ring is 1. The Balaban J connectivity index is 3.68. The maximum atomic E-state index is 11.2. The molecule has 0 aliphatic carbocycles. The molecular weight excluding hydrogens is 202 g/mol. The van der Waals surface area contributed by atoms with Crippen LogP contribution >= 0.6 is 11.6 Å². The van der Waals surface area contributed by atoms with Gasteiger partial charge in [0.2, 0.25) is 0 Å². The molecule has 0 spiro atoms. The lowest BCUT2D eigenvalue weighted by Crippen LogP contribution is -2.03. The highest BCUT2D eigenvalue weighted by Crippen LogP contribution is 2.37. The number of rotatable bonds is 1. The SMILES string of the molecule is CC(=O)c1c(C)c(Cl)c(C)c(N)c1O. The summed E-state index contributed by atoms with van der Waals surface area (Å²) in [5.74, 6) is -0.412. The van der Waals surface area contributed by atoms with Crippen molar-refractivity contribution in [1.29, 1.82) is 0 Å². The summed E-state index contributed by atoms with van der Waals surface area (Å²) in [5, 5.41) is 10.1. The first-order valence-electron chi connectivity index (χ1n) is 4.16. The second-order valence-corrected chi connectivity index (χ2v) is 3.64. The summed E-state index contributed by atoms with van der Waals surface area (Å²) in [7, 11) is 0. The summed E-state index contributed by atoms with van der Waals surface area (Å²) < 4.78 is 0. The lowest BCUT2D eigenvalue weighted by Gasteiger charge is -2.13. The maximum absolute atomic E-state index is 11.2. The number of ketones is 1. The van der Waals surface area contributed by atoms with Gasteiger partial charge in [-0.25, -0.2) is 0 Å². The fourth-order valence-electron chi connectivity index (χ4n) is 1.43. The van der Waals surface area contributed by atoms with Crippen LogP contribution in [-0.2, 0) is 0 Å². The number of halogens is 1. The molecule has 0 aliphatic rings. The van der Waals surface area contributed by atoms with Crippen LogP contribution in [0.3, 0.4) is 0 Å². The van der Waals surface area contributed by atoms with E-state index in [2.05, 4.69) is 0 Å². The highest BCUT2D eigenvalue weighted by molar-refractivity contribution is 6.33. The van der Waals surface area contributed by atoms with E-state index in [-0.39, 0.29) is 22.8 Å². The summed E-state index contributed by atoms with van der Waals surface area (Å²) in [6.45, 7) is 4.76. The number of carbonyl (C=O) groups excluding carboxylic acids is 1. The molecule has 1 aromatic carbocycles. The van der Waals surface area contributed by atoms with Gasteiger partial charge in [-0.15, -0.1) is 0 Å². The van der Waals surface area contributed by atoms with Crippen molar-refractivity contribution < 1.29 is 9.90 Å². The van der Waals surface area contributed by atoms with Crippen LogP contribution in [0, 0.1) is 13.8 Å². The summed E-state index contributed by atoms with van der Waals surface area (Å²) >= 11 is 5.96. The lowest BCUT2D eigenvalue weighted by atomic mass is 9.99. The minimum absolute atomic E-state index is 0.170. The quantitative estimate of drug-likeness (QED) is 0.428. The van der Waals surface area contributed by atoms with Crippen molar-refractivity contribution in [3.05, 3.63) is 21.7 Å². The van der Waals surface area contributed by atoms with Crippen LogP contribution in [0.25, 0.3) is 0 Å². The third-order valence-electron chi connectivity index (χ3n) is 2.28. The van der Waals surface area contributed by atoms with Gasteiger partial charge in [-0.05, 0) is 31.9 Å². The van der Waals surface area contributed by atoms with Gasteiger partial charge in [-0.3, -0.25) is 4.79 Å². The molecule has 1 rings (SSSR count). The lowest BCUT2D eigenvalue weighted by molar-refractivity contribution is 0.101. The molecule has 0 radical (unpaired) electrons. The molecule has 0 unspecified atom stereocenters. The summed E-state index contributed by atoms with van der Waals surface area (Å²) in [6.07, 6.45) is 0. The molecule has 4 heteroatoms. The van der Waals surface area contributed by atoms with Crippen LogP contribution in [-0.4, -0.2) is 10.9 Å². The third kappa shape index (κ3) is 1.44. The molecule has 14 heavy (non-hydrogen) atoms. The van der Waals surface area contributed by atoms with E-state index in [1.165, 1.54) is 6.92 Å². The van der Waals surface area contributed by atoms with Gasteiger partial charge in [0.05, 0.1) is 11.3 Å². The Morgan fingerprint density at radius 1 is 1.36 bits per heavy atom. The van der Waals surface area contributed by atoms with Crippen LogP contribution in [0.15, 0.2) is 0 Å². The molecule has 0 aromatic heterocycles. The standard InChI is InChI=1S/C10H12ClNO2/c1-4-7(6(3)13)10(14)9(12)5(2)8(4)11/h14H,12H2,1-3H3. The highest BCUT2D eigenvalue weighted by Gasteiger charge is 2.18. The van der Waals surface area contributed by atoms with E-state index in [4.69, 9.17) is 17.3 Å². The zero-order chi connectivity index (χ0) is 11.0. The minimum atomic E-state index is -0.242. The number of anilines is 1. The fourth-order valence-corrected chi connectivity index (χ4v) is 1.63. The molecule has 0 fully saturated rings. The minimum Gasteiger partial charge on any atom is -0.505 e. The van der Waals surface area contributed by atoms with Crippen LogP contribution in [0.1, 0.15) is 28.4 Å². The number of hydrogen-bond donors (Lipinski definition) is 2. The maximum Gasteiger partial charge on any atom is 0.163 e. The van der Waals surface area contributed by atoms with Gasteiger partial charge < -0.3 is 10.8 Å². The summed E-state index contributed by atoms with van der Waals surface area (Å²) in [4.78, 5) is 11.2. The van der Waals surface area contributed by atoms with E-state index in [9.17, 15) is 9.90 Å². The number of Topliss-reactive ketones (excluding diaryl/α,β-unsaturated/α-hetero) is 1. The molecular formula is C10H12ClNO2. The molecule has 0 bridgehead atoms. The first-order valence-corrected chi connectivity index (χ1v) is 4.53. The molecule has 0 heterocycles. The Hall–Kier alpha value is -1.22. The van der Waals surface area contributed by atoms with Crippen molar-refractivity contribution in [2.45, 2.75) is 20.8 Å². The fraction of sp³-hybridized carbons (Fsp3) is 0.300. The van der Waals surface area contributed by atoms with Crippen molar-refractivity contribution in [2.75, 3.05) is 5.73 Å². The number of hydrogen-bond acceptors (Lipinski definition) is 3. The van der Waals surface area contributed by atoms with E-state index in [0.717, 1.165) is 0 Å². The van der Waals surface area contributed by atoms with E-state index in [0.29, 0.717) is 16.1 Å². The van der Waals surface area contributed by atoms with Crippen molar-refractivity contribution >= 4 is 23.1 Å². The van der Waals surface area contributed by atoms with Crippen LogP contribution in [0.2, 0.25) is 5.02 Å². The molecule has 0 atom stereocenters. The van der Waals surface area contributed by atoms with Crippen molar-refractivity contribution in [1.82, 2.24) is 0 Å². The average molecular weight is 214 g/mol. The number of phenols is 1. The summed E-state index contributed by atoms with van der Waals surface area (Å²) in [6, 6.07) is 0. The number of phenolic OH excluding ortho intramolecular Hbond substituents is 1. The molecule has 0 saturated carbocycles. The molecule has 76 valence electrons. The smallest absolute Gasteiger partial charge is 0.163 e. The molecule has 0 saturated heterocycles. The molecule has 3 nitrogen and oxygen atoms in total. The van der Waals surface area contributed by atoms with Gasteiger partial charge in [0.15, 0.2) is 5.78 Å². The van der Waals surface area contributed by atoms with Crippen LogP contribution < -0.4 is 5.73 Å². The van der Waals surface area contributed by atoms with Crippen LogP contribution in [0.4, 0.5) is 5.69 Å². The normalized spacial score (nSPS) is 10.3. The number of benzene rings is 1. The van der Waals surface area contributed by atoms with Gasteiger partial charge in [0, 0.05) is 5.02 Å². The van der Waals surface area contributed by atoms with Gasteiger partial charge in [-0.1, -0.05) is 11.6 Å². The van der Waals surface area contributed by atoms with Gasteiger partial charge in [0.1, 0.15) is 5.75 Å². The molecule has 0 aliphatic heterocycles. The van der Waals surface area contributed by atoms with Gasteiger partial charge >= 0.3 is 0 Å². The number of nitrogens with two attached hydrogens (primary N) is 1. The second-order valence-electron chi connectivity index (χ2n) is 3.26. The Labute approximate surface area is 87.5 Å². The Morgan fingerprint density at radius 3 is 2.29 bits per heavy atom. The zero-order valence-electron chi connectivity index (χ0n) is 8.31. The predicted octanol–water partition coefficient (Wildman–Crippen LogP) is 2.45. The Bertz CT molecular complexity index is 384. The van der Waals surface area contributed by atoms with Crippen molar-refractivity contribution in [2.24, 2.45) is 0 Å². The third-order valence-corrected chi connectivity index (χ3v) is 2.85. The van der Waals surface area contributed by atoms with Crippen molar-refractivity contribution in [3.63, 3.8) is 0 Å². The Kier molecular flexibility index (Phi) is 2.71. The van der Waals surface area contributed by atoms with E-state index in [1.807, 2.05) is 0 Å². The average Bonchev–Trinajstić information content (AvgIpc) is 2.11.